The second-order valence-electron chi connectivity index (χ2n) is 16.2. The lowest BCUT2D eigenvalue weighted by molar-refractivity contribution is -0.162. The van der Waals surface area contributed by atoms with Crippen LogP contribution in [0.1, 0.15) is 80.4 Å². The molecule has 0 saturated carbocycles. The number of fused-ring (bicyclic) bond motifs is 1. The Balaban J connectivity index is 1.00. The molecule has 1 saturated heterocycles. The van der Waals surface area contributed by atoms with Gasteiger partial charge in [-0.05, 0) is 57.2 Å². The summed E-state index contributed by atoms with van der Waals surface area (Å²) in [6.07, 6.45) is -1.30. The number of H-pyrrole nitrogens is 1. The van der Waals surface area contributed by atoms with Gasteiger partial charge in [0.25, 0.3) is 17.4 Å². The molecule has 3 amide bonds. The van der Waals surface area contributed by atoms with E-state index in [1.54, 1.807) is 55.8 Å². The van der Waals surface area contributed by atoms with Crippen molar-refractivity contribution in [2.24, 2.45) is 11.1 Å². The van der Waals surface area contributed by atoms with E-state index in [1.165, 1.54) is 38.5 Å². The van der Waals surface area contributed by atoms with Crippen LogP contribution in [0.3, 0.4) is 0 Å². The maximum atomic E-state index is 13.0. The van der Waals surface area contributed by atoms with Crippen molar-refractivity contribution in [3.05, 3.63) is 92.9 Å². The zero-order chi connectivity index (χ0) is 49.5. The number of rotatable bonds is 20. The lowest BCUT2D eigenvalue weighted by atomic mass is 9.97. The fraction of sp³-hybridized carbons (Fsp3) is 0.413. The summed E-state index contributed by atoms with van der Waals surface area (Å²) in [7, 11) is 2.33. The summed E-state index contributed by atoms with van der Waals surface area (Å²) in [5.41, 5.74) is 11.7. The molecule has 4 atom stereocenters. The number of nitrogens with one attached hydrogen (secondary N) is 4. The number of pyridine rings is 1. The van der Waals surface area contributed by atoms with Crippen molar-refractivity contribution in [3.63, 3.8) is 0 Å². The van der Waals surface area contributed by atoms with Crippen LogP contribution >= 0.6 is 0 Å². The van der Waals surface area contributed by atoms with E-state index in [9.17, 15) is 38.7 Å². The van der Waals surface area contributed by atoms with Crippen LogP contribution in [0.2, 0.25) is 0 Å². The number of benzene rings is 2. The van der Waals surface area contributed by atoms with Crippen molar-refractivity contribution in [1.82, 2.24) is 25.5 Å². The second-order valence-corrected chi connectivity index (χ2v) is 16.2. The number of nitrogens with zero attached hydrogens (tertiary/aromatic N) is 1. The van der Waals surface area contributed by atoms with E-state index in [0.29, 0.717) is 16.8 Å². The van der Waals surface area contributed by atoms with Crippen LogP contribution in [0.5, 0.6) is 5.75 Å². The van der Waals surface area contributed by atoms with E-state index >= 15 is 0 Å². The molecule has 22 heteroatoms. The van der Waals surface area contributed by atoms with E-state index < -0.39 is 77.9 Å². The van der Waals surface area contributed by atoms with Gasteiger partial charge in [0.2, 0.25) is 5.91 Å². The van der Waals surface area contributed by atoms with Crippen LogP contribution in [-0.2, 0) is 38.0 Å². The zero-order valence-electron chi connectivity index (χ0n) is 38.1. The van der Waals surface area contributed by atoms with Gasteiger partial charge >= 0.3 is 17.9 Å². The van der Waals surface area contributed by atoms with Gasteiger partial charge in [-0.25, -0.2) is 9.59 Å². The van der Waals surface area contributed by atoms with Crippen molar-refractivity contribution in [3.8, 4) is 17.6 Å². The van der Waals surface area contributed by atoms with Gasteiger partial charge in [-0.3, -0.25) is 24.0 Å². The number of carbonyl (C=O) groups excluding carboxylic acids is 6. The van der Waals surface area contributed by atoms with Crippen molar-refractivity contribution in [2.75, 3.05) is 72.6 Å². The third-order valence-electron chi connectivity index (χ3n) is 10.0. The number of anilines is 1. The van der Waals surface area contributed by atoms with Crippen LogP contribution in [-0.4, -0.2) is 136 Å². The minimum atomic E-state index is -0.876. The number of aromatic nitrogens is 2. The first-order chi connectivity index (χ1) is 32.4. The maximum absolute atomic E-state index is 13.0. The maximum Gasteiger partial charge on any atom is 0.337 e. The fourth-order valence-corrected chi connectivity index (χ4v) is 6.61. The summed E-state index contributed by atoms with van der Waals surface area (Å²) < 4.78 is 39.3. The number of methoxy groups -OCH3 is 2. The molecule has 2 aromatic heterocycles. The number of aromatic amines is 1. The number of esters is 3. The van der Waals surface area contributed by atoms with Crippen LogP contribution in [0.4, 0.5) is 5.82 Å². The van der Waals surface area contributed by atoms with Crippen molar-refractivity contribution in [2.45, 2.75) is 51.9 Å². The second kappa shape index (κ2) is 23.9. The number of hydrogen-bond acceptors (Lipinski definition) is 17. The minimum absolute atomic E-state index is 0.0147. The van der Waals surface area contributed by atoms with Gasteiger partial charge in [0, 0.05) is 42.9 Å². The molecule has 68 heavy (non-hydrogen) atoms. The summed E-state index contributed by atoms with van der Waals surface area (Å²) in [6.45, 7) is 4.45. The van der Waals surface area contributed by atoms with Crippen molar-refractivity contribution in [1.29, 1.82) is 0 Å². The van der Waals surface area contributed by atoms with Crippen LogP contribution in [0.25, 0.3) is 10.9 Å². The molecule has 0 radical (unpaired) electrons. The molecule has 0 spiro atoms. The molecule has 0 bridgehead atoms. The van der Waals surface area contributed by atoms with Gasteiger partial charge in [-0.1, -0.05) is 17.9 Å². The number of hydrogen-bond donors (Lipinski definition) is 7. The first kappa shape index (κ1) is 51.7. The number of aliphatic hydroxyl groups is 1. The molecule has 9 N–H and O–H groups in total. The predicted octanol–water partition coefficient (Wildman–Crippen LogP) is 0.747. The summed E-state index contributed by atoms with van der Waals surface area (Å²) in [5, 5.41) is 18.1. The summed E-state index contributed by atoms with van der Waals surface area (Å²) in [4.78, 5) is 90.2. The molecule has 1 aliphatic rings. The molecule has 1 fully saturated rings. The standard InChI is InChI=1S/C46H55N7O15/c1-46(2,3)45(61)68-33-21-38(67-34(33)23-54)53-22-27(39-32(53)20-35(47)52-42(39)58)9-7-11-49-37(55)25-64-14-15-65-36(48)24-66-31-10-6-8-26(19-31)40(56)50-12-13-51-41(57)28-16-29(43(59)62-4)18-30(17-28)44(60)63-5/h6,8,10,16-20,22,33-34,36,38,54H,11-15,21,23-25,48H2,1-5H3,(H,49,55)(H,50,56)(H,51,57)(H3,47,52,58)/t33-,34+,36?,38+/m0/s1. The quantitative estimate of drug-likeness (QED) is 0.0211. The first-order valence-corrected chi connectivity index (χ1v) is 21.2. The molecule has 4 aromatic rings. The summed E-state index contributed by atoms with van der Waals surface area (Å²) in [6, 6.07) is 11.6. The Morgan fingerprint density at radius 2 is 1.59 bits per heavy atom. The molecule has 364 valence electrons. The third-order valence-corrected chi connectivity index (χ3v) is 10.0. The van der Waals surface area contributed by atoms with E-state index in [-0.39, 0.29) is 85.9 Å². The van der Waals surface area contributed by atoms with Gasteiger partial charge in [-0.15, -0.1) is 0 Å². The molecular formula is C46H55N7O15. The lowest BCUT2D eigenvalue weighted by Crippen LogP contribution is -2.35. The number of amides is 3. The molecule has 1 unspecified atom stereocenters. The SMILES string of the molecule is COC(=O)c1cc(C(=O)NCCNC(=O)c2cccc(OCC(N)OCCOCC(=O)NCC#Cc3cn([C@H]4C[C@H](OC(=O)C(C)(C)C)[C@@H](CO)O4)c4cc(N)[nH]c(=O)c34)c2)cc(C(=O)OC)c1. The smallest absolute Gasteiger partial charge is 0.337 e. The van der Waals surface area contributed by atoms with Gasteiger partial charge < -0.3 is 75.2 Å². The van der Waals surface area contributed by atoms with E-state index in [0.717, 1.165) is 0 Å². The predicted molar refractivity (Wildman–Crippen MR) is 242 cm³/mol. The molecular weight excluding hydrogens is 891 g/mol. The Hall–Kier alpha value is -7.29. The van der Waals surface area contributed by atoms with Crippen LogP contribution in [0.15, 0.2) is 59.5 Å². The lowest BCUT2D eigenvalue weighted by Gasteiger charge is -2.22. The number of nitrogens with two attached hydrogens (primary N) is 2. The normalized spacial score (nSPS) is 15.9. The first-order valence-electron chi connectivity index (χ1n) is 21.2. The average molecular weight is 946 g/mol. The van der Waals surface area contributed by atoms with Gasteiger partial charge in [-0.2, -0.15) is 0 Å². The number of ether oxygens (including phenoxy) is 7. The van der Waals surface area contributed by atoms with Crippen LogP contribution in [0, 0.1) is 17.3 Å². The van der Waals surface area contributed by atoms with Crippen LogP contribution < -0.4 is 37.7 Å². The van der Waals surface area contributed by atoms with E-state index in [2.05, 4.69) is 32.8 Å². The molecule has 22 nitrogen and oxygen atoms in total. The fourth-order valence-electron chi connectivity index (χ4n) is 6.61. The monoisotopic (exact) mass is 945 g/mol. The Labute approximate surface area is 390 Å². The topological polar surface area (TPSA) is 313 Å². The summed E-state index contributed by atoms with van der Waals surface area (Å²) >= 11 is 0. The zero-order valence-corrected chi connectivity index (χ0v) is 38.1. The Morgan fingerprint density at radius 3 is 2.24 bits per heavy atom. The molecule has 1 aliphatic heterocycles. The van der Waals surface area contributed by atoms with Crippen molar-refractivity contribution >= 4 is 52.4 Å². The summed E-state index contributed by atoms with van der Waals surface area (Å²) in [5.74, 6) is 2.74. The number of carbonyl (C=O) groups is 6. The molecule has 0 aliphatic carbocycles. The Kier molecular flexibility index (Phi) is 18.2. The Bertz CT molecular complexity index is 2570. The highest BCUT2D eigenvalue weighted by Gasteiger charge is 2.41. The average Bonchev–Trinajstić information content (AvgIpc) is 3.90. The Morgan fingerprint density at radius 1 is 0.926 bits per heavy atom. The molecule has 5 rings (SSSR count). The van der Waals surface area contributed by atoms with Gasteiger partial charge in [0.1, 0.15) is 49.4 Å². The highest BCUT2D eigenvalue weighted by Crippen LogP contribution is 2.35. The minimum Gasteiger partial charge on any atom is -0.489 e. The van der Waals surface area contributed by atoms with E-state index in [1.807, 2.05) is 0 Å². The number of aliphatic hydroxyl groups excluding tert-OH is 1. The van der Waals surface area contributed by atoms with E-state index in [4.69, 9.17) is 44.6 Å². The van der Waals surface area contributed by atoms with Crippen molar-refractivity contribution < 1.29 is 67.0 Å². The van der Waals surface area contributed by atoms with Gasteiger partial charge in [0.15, 0.2) is 0 Å². The molecule has 3 heterocycles. The third kappa shape index (κ3) is 14.1. The highest BCUT2D eigenvalue weighted by atomic mass is 16.6. The largest absolute Gasteiger partial charge is 0.489 e. The molecule has 2 aromatic carbocycles. The highest BCUT2D eigenvalue weighted by molar-refractivity contribution is 6.02. The number of nitrogen functional groups attached to an aromatic ring is 1. The van der Waals surface area contributed by atoms with Gasteiger partial charge in [0.05, 0.1) is 73.6 Å².